The summed E-state index contributed by atoms with van der Waals surface area (Å²) in [7, 11) is 0. The first kappa shape index (κ1) is 16.3. The van der Waals surface area contributed by atoms with Crippen LogP contribution in [0.3, 0.4) is 0 Å². The molecule has 0 bridgehead atoms. The second-order valence-electron chi connectivity index (χ2n) is 5.60. The molecular weight excluding hydrogens is 322 g/mol. The zero-order valence-electron chi connectivity index (χ0n) is 13.4. The number of nitrogens with zero attached hydrogens (tertiary/aromatic N) is 1. The van der Waals surface area contributed by atoms with Gasteiger partial charge in [0.25, 0.3) is 0 Å². The summed E-state index contributed by atoms with van der Waals surface area (Å²) in [4.78, 5) is 13.2. The van der Waals surface area contributed by atoms with Gasteiger partial charge in [0, 0.05) is 18.1 Å². The van der Waals surface area contributed by atoms with Crippen LogP contribution in [0.2, 0.25) is 5.02 Å². The van der Waals surface area contributed by atoms with Gasteiger partial charge in [-0.05, 0) is 23.3 Å². The van der Waals surface area contributed by atoms with Crippen molar-refractivity contribution in [2.75, 3.05) is 0 Å². The quantitative estimate of drug-likeness (QED) is 0.796. The van der Waals surface area contributed by atoms with E-state index in [9.17, 15) is 4.79 Å². The number of allylic oxidation sites excluding steroid dienone is 1. The minimum absolute atomic E-state index is 0.0402. The van der Waals surface area contributed by atoms with Crippen molar-refractivity contribution in [2.45, 2.75) is 19.4 Å². The fourth-order valence-corrected chi connectivity index (χ4v) is 2.67. The lowest BCUT2D eigenvalue weighted by molar-refractivity contribution is -0.124. The lowest BCUT2D eigenvalue weighted by Gasteiger charge is -2.26. The van der Waals surface area contributed by atoms with Crippen molar-refractivity contribution >= 4 is 17.5 Å². The molecule has 1 unspecified atom stereocenters. The van der Waals surface area contributed by atoms with Gasteiger partial charge in [0.2, 0.25) is 5.91 Å². The van der Waals surface area contributed by atoms with E-state index in [1.165, 1.54) is 11.8 Å². The van der Waals surface area contributed by atoms with E-state index in [1.807, 2.05) is 60.7 Å². The molecule has 0 spiro atoms. The molecule has 0 aromatic heterocycles. The smallest absolute Gasteiger partial charge is 0.227 e. The summed E-state index contributed by atoms with van der Waals surface area (Å²) in [5, 5.41) is 0.694. The lowest BCUT2D eigenvalue weighted by Crippen LogP contribution is -2.22. The van der Waals surface area contributed by atoms with Crippen molar-refractivity contribution in [1.82, 2.24) is 4.90 Å². The maximum atomic E-state index is 11.7. The van der Waals surface area contributed by atoms with E-state index >= 15 is 0 Å². The molecule has 3 nitrogen and oxygen atoms in total. The predicted octanol–water partition coefficient (Wildman–Crippen LogP) is 4.86. The summed E-state index contributed by atoms with van der Waals surface area (Å²) in [6.07, 6.45) is 5.49. The molecule has 122 valence electrons. The van der Waals surface area contributed by atoms with Crippen LogP contribution in [0.1, 0.15) is 24.0 Å². The Bertz CT molecular complexity index is 766. The van der Waals surface area contributed by atoms with Gasteiger partial charge in [0.05, 0.1) is 12.1 Å². The first-order chi connectivity index (χ1) is 11.6. The Kier molecular flexibility index (Phi) is 5.02. The number of hydrogen-bond acceptors (Lipinski definition) is 2. The maximum Gasteiger partial charge on any atom is 0.227 e. The van der Waals surface area contributed by atoms with Crippen LogP contribution in [0.15, 0.2) is 78.8 Å². The number of amides is 1. The molecule has 1 heterocycles. The summed E-state index contributed by atoms with van der Waals surface area (Å²) >= 11 is 5.98. The molecular formula is C20H18ClNO2. The third-order valence-electron chi connectivity index (χ3n) is 3.85. The monoisotopic (exact) mass is 339 g/mol. The van der Waals surface area contributed by atoms with Gasteiger partial charge in [-0.25, -0.2) is 0 Å². The van der Waals surface area contributed by atoms with Gasteiger partial charge in [-0.3, -0.25) is 9.69 Å². The third-order valence-corrected chi connectivity index (χ3v) is 4.11. The van der Waals surface area contributed by atoms with E-state index < -0.39 is 0 Å². The van der Waals surface area contributed by atoms with Crippen molar-refractivity contribution in [2.24, 2.45) is 0 Å². The summed E-state index contributed by atoms with van der Waals surface area (Å²) in [5.74, 6) is 0.641. The van der Waals surface area contributed by atoms with Crippen molar-refractivity contribution in [1.29, 1.82) is 0 Å². The van der Waals surface area contributed by atoms with Crippen molar-refractivity contribution in [3.63, 3.8) is 0 Å². The molecule has 0 saturated heterocycles. The van der Waals surface area contributed by atoms with Gasteiger partial charge < -0.3 is 4.74 Å². The summed E-state index contributed by atoms with van der Waals surface area (Å²) in [6, 6.07) is 17.6. The van der Waals surface area contributed by atoms with Crippen LogP contribution in [0.5, 0.6) is 0 Å². The fraction of sp³-hybridized carbons (Fsp3) is 0.150. The SMILES string of the molecule is CC(=O)N1C=CC(c2ccc(Cl)cc2)C(OCc2ccccc2)=C1. The van der Waals surface area contributed by atoms with Crippen molar-refractivity contribution in [3.8, 4) is 0 Å². The Labute approximate surface area is 146 Å². The van der Waals surface area contributed by atoms with E-state index in [-0.39, 0.29) is 11.8 Å². The number of hydrogen-bond donors (Lipinski definition) is 0. The Hall–Kier alpha value is -2.52. The Balaban J connectivity index is 1.83. The highest BCUT2D eigenvalue weighted by Gasteiger charge is 2.21. The van der Waals surface area contributed by atoms with E-state index in [0.29, 0.717) is 11.6 Å². The Morgan fingerprint density at radius 3 is 2.50 bits per heavy atom. The molecule has 4 heteroatoms. The highest BCUT2D eigenvalue weighted by Crippen LogP contribution is 2.31. The summed E-state index contributed by atoms with van der Waals surface area (Å²) < 4.78 is 6.03. The van der Waals surface area contributed by atoms with E-state index in [4.69, 9.17) is 16.3 Å². The molecule has 0 fully saturated rings. The lowest BCUT2D eigenvalue weighted by atomic mass is 9.95. The molecule has 2 aromatic carbocycles. The van der Waals surface area contributed by atoms with Gasteiger partial charge in [0.1, 0.15) is 12.4 Å². The van der Waals surface area contributed by atoms with Gasteiger partial charge in [0.15, 0.2) is 0 Å². The largest absolute Gasteiger partial charge is 0.491 e. The third kappa shape index (κ3) is 3.87. The number of carbonyl (C=O) groups is 1. The molecule has 24 heavy (non-hydrogen) atoms. The van der Waals surface area contributed by atoms with Gasteiger partial charge in [-0.1, -0.05) is 60.1 Å². The van der Waals surface area contributed by atoms with E-state index in [2.05, 4.69) is 0 Å². The van der Waals surface area contributed by atoms with Crippen LogP contribution in [0, 0.1) is 0 Å². The van der Waals surface area contributed by atoms with Crippen LogP contribution in [-0.4, -0.2) is 10.8 Å². The van der Waals surface area contributed by atoms with E-state index in [0.717, 1.165) is 16.9 Å². The summed E-state index contributed by atoms with van der Waals surface area (Å²) in [6.45, 7) is 1.98. The van der Waals surface area contributed by atoms with Crippen LogP contribution >= 0.6 is 11.6 Å². The number of ether oxygens (including phenoxy) is 1. The number of carbonyl (C=O) groups excluding carboxylic acids is 1. The zero-order valence-corrected chi connectivity index (χ0v) is 14.1. The zero-order chi connectivity index (χ0) is 16.9. The van der Waals surface area contributed by atoms with Gasteiger partial charge >= 0.3 is 0 Å². The minimum atomic E-state index is -0.0541. The first-order valence-corrected chi connectivity index (χ1v) is 8.12. The molecule has 2 aromatic rings. The molecule has 1 atom stereocenters. The molecule has 1 aliphatic rings. The van der Waals surface area contributed by atoms with Crippen LogP contribution in [-0.2, 0) is 16.1 Å². The molecule has 0 radical (unpaired) electrons. The average molecular weight is 340 g/mol. The Morgan fingerprint density at radius 1 is 1.12 bits per heavy atom. The fourth-order valence-electron chi connectivity index (χ4n) is 2.54. The second-order valence-corrected chi connectivity index (χ2v) is 6.04. The van der Waals surface area contributed by atoms with Crippen LogP contribution < -0.4 is 0 Å². The molecule has 0 N–H and O–H groups in total. The first-order valence-electron chi connectivity index (χ1n) is 7.74. The second kappa shape index (κ2) is 7.37. The molecule has 0 saturated carbocycles. The van der Waals surface area contributed by atoms with Crippen LogP contribution in [0.25, 0.3) is 0 Å². The van der Waals surface area contributed by atoms with Crippen molar-refractivity contribution in [3.05, 3.63) is 95.0 Å². The normalized spacial score (nSPS) is 16.7. The van der Waals surface area contributed by atoms with E-state index in [1.54, 1.807) is 12.4 Å². The topological polar surface area (TPSA) is 29.5 Å². The maximum absolute atomic E-state index is 11.7. The van der Waals surface area contributed by atoms with Gasteiger partial charge in [-0.2, -0.15) is 0 Å². The predicted molar refractivity (Wildman–Crippen MR) is 95.2 cm³/mol. The highest BCUT2D eigenvalue weighted by molar-refractivity contribution is 6.30. The van der Waals surface area contributed by atoms with Gasteiger partial charge in [-0.15, -0.1) is 0 Å². The number of rotatable bonds is 4. The highest BCUT2D eigenvalue weighted by atomic mass is 35.5. The standard InChI is InChI=1S/C20H18ClNO2/c1-15(23)22-12-11-19(17-7-9-18(21)10-8-17)20(13-22)24-14-16-5-3-2-4-6-16/h2-13,19H,14H2,1H3. The molecule has 0 aliphatic carbocycles. The summed E-state index contributed by atoms with van der Waals surface area (Å²) in [5.41, 5.74) is 2.15. The molecule has 1 aliphatic heterocycles. The van der Waals surface area contributed by atoms with Crippen LogP contribution in [0.4, 0.5) is 0 Å². The van der Waals surface area contributed by atoms with Crippen molar-refractivity contribution < 1.29 is 9.53 Å². The number of benzene rings is 2. The molecule has 3 rings (SSSR count). The average Bonchev–Trinajstić information content (AvgIpc) is 2.61. The Morgan fingerprint density at radius 2 is 1.83 bits per heavy atom. The minimum Gasteiger partial charge on any atom is -0.491 e. The molecule has 1 amide bonds. The number of halogens is 1.